The van der Waals surface area contributed by atoms with Gasteiger partial charge in [-0.15, -0.1) is 0 Å². The molecule has 0 N–H and O–H groups in total. The quantitative estimate of drug-likeness (QED) is 0.464. The van der Waals surface area contributed by atoms with Gasteiger partial charge in [-0.3, -0.25) is 9.97 Å². The van der Waals surface area contributed by atoms with Gasteiger partial charge in [-0.1, -0.05) is 12.1 Å². The van der Waals surface area contributed by atoms with E-state index in [2.05, 4.69) is 9.97 Å². The minimum atomic E-state index is 0. The summed E-state index contributed by atoms with van der Waals surface area (Å²) < 4.78 is 0. The zero-order chi connectivity index (χ0) is 8.49. The van der Waals surface area contributed by atoms with Gasteiger partial charge in [0, 0.05) is 24.8 Å². The van der Waals surface area contributed by atoms with Gasteiger partial charge in [0.15, 0.2) is 0 Å². The summed E-state index contributed by atoms with van der Waals surface area (Å²) in [6.07, 6.45) is 7.00. The zero-order valence-corrected chi connectivity index (χ0v) is 10.2. The van der Waals surface area contributed by atoms with E-state index in [0.29, 0.717) is 0 Å². The predicted molar refractivity (Wildman–Crippen MR) is 48.5 cm³/mol. The molecule has 2 aromatic heterocycles. The van der Waals surface area contributed by atoms with Gasteiger partial charge in [0.2, 0.25) is 0 Å². The first-order valence-corrected chi connectivity index (χ1v) is 3.70. The fourth-order valence-corrected chi connectivity index (χ4v) is 0.625. The maximum atomic E-state index is 3.78. The van der Waals surface area contributed by atoms with Crippen molar-refractivity contribution in [2.24, 2.45) is 0 Å². The molecule has 0 aromatic carbocycles. The average molecular weight is 288 g/mol. The molecule has 5 heteroatoms. The summed E-state index contributed by atoms with van der Waals surface area (Å²) in [6.45, 7) is 0. The standard InChI is InChI=1S/2C5H5N.2ClH.Ni/c2*1-2-4-6-5-3-1;;;/h2*1-5H;2*1H;/q;;;;+2/p-2. The first kappa shape index (κ1) is 19.9. The molecule has 0 aliphatic heterocycles. The SMILES string of the molecule is [Cl-].[Cl-].[Ni+2].c1ccncc1.c1ccncc1. The third kappa shape index (κ3) is 13.4. The normalized spacial score (nSPS) is 6.40. The monoisotopic (exact) mass is 286 g/mol. The molecule has 0 saturated heterocycles. The van der Waals surface area contributed by atoms with Crippen molar-refractivity contribution in [3.8, 4) is 0 Å². The van der Waals surface area contributed by atoms with Crippen LogP contribution in [0.4, 0.5) is 0 Å². The molecule has 15 heavy (non-hydrogen) atoms. The van der Waals surface area contributed by atoms with Crippen LogP contribution in [-0.2, 0) is 16.5 Å². The van der Waals surface area contributed by atoms with Crippen LogP contribution in [0.25, 0.3) is 0 Å². The number of pyridine rings is 2. The van der Waals surface area contributed by atoms with Crippen LogP contribution < -0.4 is 24.8 Å². The van der Waals surface area contributed by atoms with E-state index in [9.17, 15) is 0 Å². The summed E-state index contributed by atoms with van der Waals surface area (Å²) in [5.74, 6) is 0. The molecule has 2 nitrogen and oxygen atoms in total. The van der Waals surface area contributed by atoms with Crippen LogP contribution in [0.15, 0.2) is 61.2 Å². The Labute approximate surface area is 112 Å². The third-order valence-electron chi connectivity index (χ3n) is 1.13. The average Bonchev–Trinajstić information content (AvgIpc) is 2.24. The molecule has 0 bridgehead atoms. The minimum Gasteiger partial charge on any atom is -1.00 e. The molecule has 0 atom stereocenters. The van der Waals surface area contributed by atoms with Crippen molar-refractivity contribution in [3.63, 3.8) is 0 Å². The van der Waals surface area contributed by atoms with Crippen LogP contribution in [0.5, 0.6) is 0 Å². The van der Waals surface area contributed by atoms with E-state index < -0.39 is 0 Å². The Morgan fingerprint density at radius 3 is 0.800 bits per heavy atom. The van der Waals surface area contributed by atoms with Gasteiger partial charge in [-0.2, -0.15) is 0 Å². The van der Waals surface area contributed by atoms with E-state index in [1.807, 2.05) is 36.4 Å². The molecule has 0 aliphatic rings. The molecule has 2 aromatic rings. The van der Waals surface area contributed by atoms with E-state index in [-0.39, 0.29) is 41.3 Å². The summed E-state index contributed by atoms with van der Waals surface area (Å²) in [5, 5.41) is 0. The van der Waals surface area contributed by atoms with Crippen molar-refractivity contribution in [1.29, 1.82) is 0 Å². The third-order valence-corrected chi connectivity index (χ3v) is 1.13. The fourth-order valence-electron chi connectivity index (χ4n) is 0.625. The van der Waals surface area contributed by atoms with E-state index in [4.69, 9.17) is 0 Å². The molecule has 0 saturated carbocycles. The summed E-state index contributed by atoms with van der Waals surface area (Å²) in [5.41, 5.74) is 0. The Kier molecular flexibility index (Phi) is 21.0. The van der Waals surface area contributed by atoms with Gasteiger partial charge in [0.1, 0.15) is 0 Å². The second kappa shape index (κ2) is 15.8. The van der Waals surface area contributed by atoms with Gasteiger partial charge >= 0.3 is 16.5 Å². The van der Waals surface area contributed by atoms with Crippen molar-refractivity contribution in [2.75, 3.05) is 0 Å². The molecular formula is C10H10Cl2N2Ni. The van der Waals surface area contributed by atoms with Gasteiger partial charge in [0.25, 0.3) is 0 Å². The number of aromatic nitrogens is 2. The largest absolute Gasteiger partial charge is 2.00 e. The second-order valence-corrected chi connectivity index (χ2v) is 2.05. The Morgan fingerprint density at radius 2 is 0.733 bits per heavy atom. The number of hydrogen-bond donors (Lipinski definition) is 0. The van der Waals surface area contributed by atoms with E-state index in [1.54, 1.807) is 24.8 Å². The van der Waals surface area contributed by atoms with Crippen molar-refractivity contribution < 1.29 is 41.3 Å². The first-order chi connectivity index (χ1) is 6.00. The number of nitrogens with zero attached hydrogens (tertiary/aromatic N) is 2. The van der Waals surface area contributed by atoms with Crippen LogP contribution in [0, 0.1) is 0 Å². The fraction of sp³-hybridized carbons (Fsp3) is 0. The molecule has 2 heterocycles. The maximum absolute atomic E-state index is 3.78. The van der Waals surface area contributed by atoms with E-state index in [0.717, 1.165) is 0 Å². The minimum absolute atomic E-state index is 0. The Bertz CT molecular complexity index is 197. The molecular weight excluding hydrogens is 278 g/mol. The summed E-state index contributed by atoms with van der Waals surface area (Å²) >= 11 is 0. The number of hydrogen-bond acceptors (Lipinski definition) is 2. The summed E-state index contributed by atoms with van der Waals surface area (Å²) in [6, 6.07) is 11.4. The molecule has 0 aliphatic carbocycles. The molecule has 0 spiro atoms. The Balaban J connectivity index is -0.000000160. The van der Waals surface area contributed by atoms with Crippen LogP contribution in [0.3, 0.4) is 0 Å². The molecule has 0 radical (unpaired) electrons. The summed E-state index contributed by atoms with van der Waals surface area (Å²) in [7, 11) is 0. The smallest absolute Gasteiger partial charge is 1.00 e. The van der Waals surface area contributed by atoms with Crippen molar-refractivity contribution in [3.05, 3.63) is 61.2 Å². The Hall–Kier alpha value is -0.626. The van der Waals surface area contributed by atoms with Crippen molar-refractivity contribution >= 4 is 0 Å². The maximum Gasteiger partial charge on any atom is 2.00 e. The molecule has 0 amide bonds. The molecule has 84 valence electrons. The van der Waals surface area contributed by atoms with Crippen molar-refractivity contribution in [2.45, 2.75) is 0 Å². The van der Waals surface area contributed by atoms with E-state index >= 15 is 0 Å². The molecule has 0 fully saturated rings. The van der Waals surface area contributed by atoms with Crippen LogP contribution >= 0.6 is 0 Å². The molecule has 2 rings (SSSR count). The van der Waals surface area contributed by atoms with Gasteiger partial charge in [-0.05, 0) is 24.3 Å². The number of halogens is 2. The van der Waals surface area contributed by atoms with Crippen LogP contribution in [0.2, 0.25) is 0 Å². The number of rotatable bonds is 0. The van der Waals surface area contributed by atoms with Gasteiger partial charge in [-0.25, -0.2) is 0 Å². The molecule has 0 unspecified atom stereocenters. The summed E-state index contributed by atoms with van der Waals surface area (Å²) in [4.78, 5) is 7.57. The van der Waals surface area contributed by atoms with Crippen LogP contribution in [-0.4, -0.2) is 9.97 Å². The van der Waals surface area contributed by atoms with Gasteiger partial charge in [0.05, 0.1) is 0 Å². The zero-order valence-electron chi connectivity index (χ0n) is 7.74. The van der Waals surface area contributed by atoms with Crippen molar-refractivity contribution in [1.82, 2.24) is 9.97 Å². The van der Waals surface area contributed by atoms with Crippen LogP contribution in [0.1, 0.15) is 0 Å². The topological polar surface area (TPSA) is 25.8 Å². The van der Waals surface area contributed by atoms with E-state index in [1.165, 1.54) is 0 Å². The second-order valence-electron chi connectivity index (χ2n) is 2.05. The van der Waals surface area contributed by atoms with Gasteiger partial charge < -0.3 is 24.8 Å². The predicted octanol–water partition coefficient (Wildman–Crippen LogP) is -3.83. The first-order valence-electron chi connectivity index (χ1n) is 3.70. The Morgan fingerprint density at radius 1 is 0.467 bits per heavy atom.